The zero-order valence-electron chi connectivity index (χ0n) is 14.5. The van der Waals surface area contributed by atoms with Gasteiger partial charge in [-0.25, -0.2) is 0 Å². The predicted octanol–water partition coefficient (Wildman–Crippen LogP) is 4.29. The van der Waals surface area contributed by atoms with Crippen LogP contribution in [0.4, 0.5) is 5.69 Å². The minimum Gasteiger partial charge on any atom is -0.495 e. The van der Waals surface area contributed by atoms with Gasteiger partial charge in [0, 0.05) is 5.02 Å². The molecule has 0 aliphatic heterocycles. The molecular formula is C19H21ClN2O3. The number of halogens is 1. The van der Waals surface area contributed by atoms with Crippen LogP contribution in [-0.4, -0.2) is 25.3 Å². The van der Waals surface area contributed by atoms with Crippen molar-refractivity contribution in [1.29, 1.82) is 0 Å². The maximum absolute atomic E-state index is 12.2. The van der Waals surface area contributed by atoms with E-state index in [0.717, 1.165) is 12.0 Å². The smallest absolute Gasteiger partial charge is 0.268 e. The predicted molar refractivity (Wildman–Crippen MR) is 101 cm³/mol. The number of carbonyl (C=O) groups is 1. The molecule has 2 aromatic rings. The number of nitrogens with zero attached hydrogens (tertiary/aromatic N) is 1. The second kappa shape index (κ2) is 9.08. The minimum atomic E-state index is -0.769. The van der Waals surface area contributed by atoms with Crippen LogP contribution < -0.4 is 10.1 Å². The van der Waals surface area contributed by atoms with Crippen LogP contribution in [0.15, 0.2) is 47.6 Å². The molecule has 1 N–H and O–H groups in total. The molecule has 0 spiro atoms. The quantitative estimate of drug-likeness (QED) is 0.592. The van der Waals surface area contributed by atoms with Gasteiger partial charge >= 0.3 is 0 Å². The average Bonchev–Trinajstić information content (AvgIpc) is 2.62. The Morgan fingerprint density at radius 3 is 2.64 bits per heavy atom. The van der Waals surface area contributed by atoms with E-state index in [1.54, 1.807) is 31.3 Å². The Bertz CT molecular complexity index is 745. The number of ether oxygens (including phenoxy) is 1. The maximum atomic E-state index is 12.2. The van der Waals surface area contributed by atoms with E-state index in [9.17, 15) is 4.79 Å². The van der Waals surface area contributed by atoms with Gasteiger partial charge in [0.05, 0.1) is 19.0 Å². The lowest BCUT2D eigenvalue weighted by atomic mass is 10.1. The topological polar surface area (TPSA) is 59.9 Å². The SMILES string of the molecule is CCc1ccc(/C=N\O[C@H](C)C(=O)Nc2cc(Cl)ccc2OC)cc1. The Kier molecular flexibility index (Phi) is 6.83. The highest BCUT2D eigenvalue weighted by molar-refractivity contribution is 6.31. The zero-order chi connectivity index (χ0) is 18.2. The molecule has 132 valence electrons. The van der Waals surface area contributed by atoms with Crippen LogP contribution in [0.1, 0.15) is 25.0 Å². The van der Waals surface area contributed by atoms with Gasteiger partial charge in [-0.3, -0.25) is 4.79 Å². The molecule has 1 amide bonds. The summed E-state index contributed by atoms with van der Waals surface area (Å²) in [5.74, 6) is 0.170. The number of rotatable bonds is 7. The number of amides is 1. The standard InChI is InChI=1S/C19H21ClN2O3/c1-4-14-5-7-15(8-6-14)12-21-25-13(2)19(23)22-17-11-16(20)9-10-18(17)24-3/h5-13H,4H2,1-3H3,(H,22,23)/b21-12-/t13-/m1/s1. The van der Waals surface area contributed by atoms with E-state index in [4.69, 9.17) is 21.2 Å². The van der Waals surface area contributed by atoms with Gasteiger partial charge in [-0.2, -0.15) is 0 Å². The van der Waals surface area contributed by atoms with Gasteiger partial charge in [-0.15, -0.1) is 0 Å². The molecule has 25 heavy (non-hydrogen) atoms. The van der Waals surface area contributed by atoms with Crippen LogP contribution in [0, 0.1) is 0 Å². The van der Waals surface area contributed by atoms with Crippen molar-refractivity contribution in [2.24, 2.45) is 5.16 Å². The van der Waals surface area contributed by atoms with Crippen LogP contribution in [0.5, 0.6) is 5.75 Å². The molecule has 0 aliphatic rings. The van der Waals surface area contributed by atoms with Crippen LogP contribution >= 0.6 is 11.6 Å². The van der Waals surface area contributed by atoms with Crippen molar-refractivity contribution in [3.8, 4) is 5.75 Å². The third kappa shape index (κ3) is 5.50. The van der Waals surface area contributed by atoms with Gasteiger partial charge in [0.25, 0.3) is 5.91 Å². The number of nitrogens with one attached hydrogen (secondary N) is 1. The Morgan fingerprint density at radius 1 is 1.28 bits per heavy atom. The van der Waals surface area contributed by atoms with E-state index >= 15 is 0 Å². The fourth-order valence-corrected chi connectivity index (χ4v) is 2.25. The number of anilines is 1. The minimum absolute atomic E-state index is 0.348. The third-order valence-corrected chi connectivity index (χ3v) is 3.83. The van der Waals surface area contributed by atoms with E-state index in [1.165, 1.54) is 12.7 Å². The Balaban J connectivity index is 1.93. The average molecular weight is 361 g/mol. The first-order valence-corrected chi connectivity index (χ1v) is 8.33. The van der Waals surface area contributed by atoms with E-state index < -0.39 is 6.10 Å². The number of methoxy groups -OCH3 is 1. The molecule has 1 atom stereocenters. The lowest BCUT2D eigenvalue weighted by Gasteiger charge is -2.13. The van der Waals surface area contributed by atoms with Crippen molar-refractivity contribution in [2.45, 2.75) is 26.4 Å². The van der Waals surface area contributed by atoms with E-state index in [1.807, 2.05) is 24.3 Å². The van der Waals surface area contributed by atoms with E-state index in [0.29, 0.717) is 16.5 Å². The molecule has 0 radical (unpaired) electrons. The van der Waals surface area contributed by atoms with Gasteiger partial charge in [-0.05, 0) is 42.7 Å². The first-order valence-electron chi connectivity index (χ1n) is 7.96. The Morgan fingerprint density at radius 2 is 2.00 bits per heavy atom. The van der Waals surface area contributed by atoms with Crippen LogP contribution in [0.2, 0.25) is 5.02 Å². The van der Waals surface area contributed by atoms with Gasteiger partial charge < -0.3 is 14.9 Å². The molecule has 0 aromatic heterocycles. The summed E-state index contributed by atoms with van der Waals surface area (Å²) in [7, 11) is 1.52. The number of aryl methyl sites for hydroxylation is 1. The summed E-state index contributed by atoms with van der Waals surface area (Å²) < 4.78 is 5.19. The fourth-order valence-electron chi connectivity index (χ4n) is 2.08. The summed E-state index contributed by atoms with van der Waals surface area (Å²) in [5, 5.41) is 7.09. The molecule has 0 bridgehead atoms. The first-order chi connectivity index (χ1) is 12.0. The second-order valence-corrected chi connectivity index (χ2v) is 5.85. The molecule has 6 heteroatoms. The number of hydrogen-bond donors (Lipinski definition) is 1. The lowest BCUT2D eigenvalue weighted by Crippen LogP contribution is -2.26. The highest BCUT2D eigenvalue weighted by atomic mass is 35.5. The molecular weight excluding hydrogens is 340 g/mol. The van der Waals surface area contributed by atoms with E-state index in [2.05, 4.69) is 17.4 Å². The molecule has 0 saturated heterocycles. The number of oxime groups is 1. The highest BCUT2D eigenvalue weighted by Gasteiger charge is 2.16. The van der Waals surface area contributed by atoms with Gasteiger partial charge in [0.15, 0.2) is 0 Å². The summed E-state index contributed by atoms with van der Waals surface area (Å²) in [5.41, 5.74) is 2.64. The summed E-state index contributed by atoms with van der Waals surface area (Å²) in [4.78, 5) is 17.4. The zero-order valence-corrected chi connectivity index (χ0v) is 15.2. The maximum Gasteiger partial charge on any atom is 0.268 e. The van der Waals surface area contributed by atoms with Crippen molar-refractivity contribution < 1.29 is 14.4 Å². The van der Waals surface area contributed by atoms with Crippen molar-refractivity contribution in [3.63, 3.8) is 0 Å². The van der Waals surface area contributed by atoms with Crippen LogP contribution in [0.25, 0.3) is 0 Å². The first kappa shape index (κ1) is 18.8. The summed E-state index contributed by atoms with van der Waals surface area (Å²) in [6.45, 7) is 3.71. The van der Waals surface area contributed by atoms with Gasteiger partial charge in [0.2, 0.25) is 6.10 Å². The summed E-state index contributed by atoms with van der Waals surface area (Å²) in [6, 6.07) is 12.9. The number of hydrogen-bond acceptors (Lipinski definition) is 4. The molecule has 5 nitrogen and oxygen atoms in total. The normalized spacial score (nSPS) is 12.0. The highest BCUT2D eigenvalue weighted by Crippen LogP contribution is 2.27. The lowest BCUT2D eigenvalue weighted by molar-refractivity contribution is -0.126. The number of benzene rings is 2. The third-order valence-electron chi connectivity index (χ3n) is 3.60. The molecule has 2 rings (SSSR count). The van der Waals surface area contributed by atoms with Crippen molar-refractivity contribution >= 4 is 29.4 Å². The molecule has 0 saturated carbocycles. The molecule has 0 unspecified atom stereocenters. The summed E-state index contributed by atoms with van der Waals surface area (Å²) in [6.07, 6.45) is 1.79. The largest absolute Gasteiger partial charge is 0.495 e. The second-order valence-electron chi connectivity index (χ2n) is 5.41. The van der Waals surface area contributed by atoms with Crippen molar-refractivity contribution in [3.05, 3.63) is 58.6 Å². The Hall–Kier alpha value is -2.53. The number of carbonyl (C=O) groups excluding carboxylic acids is 1. The van der Waals surface area contributed by atoms with Crippen LogP contribution in [-0.2, 0) is 16.1 Å². The van der Waals surface area contributed by atoms with Crippen molar-refractivity contribution in [2.75, 3.05) is 12.4 Å². The van der Waals surface area contributed by atoms with Gasteiger partial charge in [0.1, 0.15) is 5.75 Å². The molecule has 2 aromatic carbocycles. The molecule has 0 aliphatic carbocycles. The van der Waals surface area contributed by atoms with Crippen molar-refractivity contribution in [1.82, 2.24) is 0 Å². The molecule has 0 fully saturated rings. The Labute approximate surface area is 152 Å². The van der Waals surface area contributed by atoms with Gasteiger partial charge in [-0.1, -0.05) is 47.9 Å². The van der Waals surface area contributed by atoms with Crippen LogP contribution in [0.3, 0.4) is 0 Å². The van der Waals surface area contributed by atoms with E-state index in [-0.39, 0.29) is 5.91 Å². The monoisotopic (exact) mass is 360 g/mol. The summed E-state index contributed by atoms with van der Waals surface area (Å²) >= 11 is 5.95. The molecule has 0 heterocycles. The fraction of sp³-hybridized carbons (Fsp3) is 0.263.